The lowest BCUT2D eigenvalue weighted by molar-refractivity contribution is -0.142. The van der Waals surface area contributed by atoms with Crippen LogP contribution in [0.3, 0.4) is 0 Å². The van der Waals surface area contributed by atoms with Crippen molar-refractivity contribution in [2.45, 2.75) is 5.51 Å². The molecule has 0 saturated carbocycles. The second-order valence-corrected chi connectivity index (χ2v) is 5.85. The lowest BCUT2D eigenvalue weighted by atomic mass is 10.1. The van der Waals surface area contributed by atoms with Crippen LogP contribution in [0.1, 0.15) is 20.7 Å². The quantitative estimate of drug-likeness (QED) is 0.286. The van der Waals surface area contributed by atoms with Gasteiger partial charge in [0, 0.05) is 0 Å². The third-order valence-corrected chi connectivity index (χ3v) is 3.69. The molecule has 0 saturated heterocycles. The van der Waals surface area contributed by atoms with Crippen LogP contribution in [0.15, 0.2) is 12.1 Å². The minimum atomic E-state index is -6.10. The number of alkyl halides is 3. The average Bonchev–Trinajstić information content (AvgIpc) is 2.57. The average molecular weight is 400 g/mol. The lowest BCUT2D eigenvalue weighted by Crippen LogP contribution is -2.28. The molecule has 0 fully saturated rings. The molecule has 0 bridgehead atoms. The van der Waals surface area contributed by atoms with E-state index in [4.69, 9.17) is 4.74 Å². The minimum Gasteiger partial charge on any atom is -0.480 e. The summed E-state index contributed by atoms with van der Waals surface area (Å²) in [4.78, 5) is 34.1. The standard InChI is InChI=1S/C13H11F3O9S/c1-22-10(18)6-24-11-7(12(19)23-2)3-4-9(8(11)5-17)25-26(20,21)13(14,15)16/h3-5H,6H2,1-2H3. The van der Waals surface area contributed by atoms with Crippen molar-refractivity contribution in [3.63, 3.8) is 0 Å². The Kier molecular flexibility index (Phi) is 6.55. The SMILES string of the molecule is COC(=O)COc1c(C(=O)OC)ccc(OS(=O)(=O)C(F)(F)F)c1C=O. The highest BCUT2D eigenvalue weighted by molar-refractivity contribution is 7.88. The summed E-state index contributed by atoms with van der Waals surface area (Å²) in [5.74, 6) is -3.80. The van der Waals surface area contributed by atoms with Gasteiger partial charge in [-0.3, -0.25) is 4.79 Å². The Morgan fingerprint density at radius 1 is 1.15 bits per heavy atom. The molecule has 13 heteroatoms. The maximum atomic E-state index is 12.4. The molecule has 0 atom stereocenters. The summed E-state index contributed by atoms with van der Waals surface area (Å²) >= 11 is 0. The van der Waals surface area contributed by atoms with Gasteiger partial charge in [0.05, 0.1) is 14.2 Å². The number of methoxy groups -OCH3 is 2. The summed E-state index contributed by atoms with van der Waals surface area (Å²) in [7, 11) is -4.13. The molecule has 0 radical (unpaired) electrons. The fourth-order valence-electron chi connectivity index (χ4n) is 1.55. The molecular formula is C13H11F3O9S. The van der Waals surface area contributed by atoms with Crippen molar-refractivity contribution in [2.24, 2.45) is 0 Å². The van der Waals surface area contributed by atoms with Crippen molar-refractivity contribution < 1.29 is 54.4 Å². The molecule has 0 heterocycles. The van der Waals surface area contributed by atoms with Crippen LogP contribution >= 0.6 is 0 Å². The number of carbonyl (C=O) groups excluding carboxylic acids is 3. The van der Waals surface area contributed by atoms with Gasteiger partial charge in [-0.1, -0.05) is 0 Å². The number of hydrogen-bond donors (Lipinski definition) is 0. The van der Waals surface area contributed by atoms with Crippen LogP contribution in [-0.2, 0) is 24.4 Å². The van der Waals surface area contributed by atoms with E-state index in [1.165, 1.54) is 0 Å². The first-order chi connectivity index (χ1) is 12.0. The van der Waals surface area contributed by atoms with Gasteiger partial charge < -0.3 is 18.4 Å². The van der Waals surface area contributed by atoms with Gasteiger partial charge in [0.2, 0.25) is 0 Å². The maximum Gasteiger partial charge on any atom is 0.534 e. The van der Waals surface area contributed by atoms with E-state index < -0.39 is 56.8 Å². The predicted molar refractivity (Wildman–Crippen MR) is 76.3 cm³/mol. The summed E-state index contributed by atoms with van der Waals surface area (Å²) in [6.45, 7) is -0.836. The van der Waals surface area contributed by atoms with Gasteiger partial charge in [-0.15, -0.1) is 0 Å². The topological polar surface area (TPSA) is 122 Å². The Morgan fingerprint density at radius 2 is 1.77 bits per heavy atom. The highest BCUT2D eigenvalue weighted by Gasteiger charge is 2.49. The molecule has 1 aromatic rings. The Hall–Kier alpha value is -2.83. The van der Waals surface area contributed by atoms with E-state index in [9.17, 15) is 36.0 Å². The Morgan fingerprint density at radius 3 is 2.23 bits per heavy atom. The first kappa shape index (κ1) is 21.2. The zero-order chi connectivity index (χ0) is 20.1. The summed E-state index contributed by atoms with van der Waals surface area (Å²) in [6, 6.07) is 1.43. The molecule has 0 amide bonds. The number of benzene rings is 1. The van der Waals surface area contributed by atoms with E-state index in [2.05, 4.69) is 13.7 Å². The van der Waals surface area contributed by atoms with Crippen LogP contribution < -0.4 is 8.92 Å². The van der Waals surface area contributed by atoms with Crippen molar-refractivity contribution in [1.29, 1.82) is 0 Å². The van der Waals surface area contributed by atoms with Crippen LogP contribution in [0.25, 0.3) is 0 Å². The molecule has 0 aliphatic heterocycles. The maximum absolute atomic E-state index is 12.4. The summed E-state index contributed by atoms with van der Waals surface area (Å²) in [5.41, 5.74) is -7.08. The van der Waals surface area contributed by atoms with E-state index in [-0.39, 0.29) is 6.29 Å². The van der Waals surface area contributed by atoms with Gasteiger partial charge in [0.1, 0.15) is 16.9 Å². The fourth-order valence-corrected chi connectivity index (χ4v) is 2.02. The number of esters is 2. The Labute approximate surface area is 144 Å². The van der Waals surface area contributed by atoms with E-state index in [1.54, 1.807) is 0 Å². The molecule has 0 aliphatic carbocycles. The highest BCUT2D eigenvalue weighted by Crippen LogP contribution is 2.35. The van der Waals surface area contributed by atoms with Gasteiger partial charge in [0.15, 0.2) is 18.6 Å². The molecule has 0 unspecified atom stereocenters. The van der Waals surface area contributed by atoms with Crippen LogP contribution in [0, 0.1) is 0 Å². The summed E-state index contributed by atoms with van der Waals surface area (Å²) < 4.78 is 77.1. The summed E-state index contributed by atoms with van der Waals surface area (Å²) in [6.07, 6.45) is -0.111. The zero-order valence-electron chi connectivity index (χ0n) is 13.2. The first-order valence-electron chi connectivity index (χ1n) is 6.39. The van der Waals surface area contributed by atoms with Gasteiger partial charge in [0.25, 0.3) is 0 Å². The molecule has 144 valence electrons. The van der Waals surface area contributed by atoms with Crippen molar-refractivity contribution in [2.75, 3.05) is 20.8 Å². The van der Waals surface area contributed by atoms with Gasteiger partial charge in [-0.2, -0.15) is 21.6 Å². The number of carbonyl (C=O) groups is 3. The molecule has 26 heavy (non-hydrogen) atoms. The van der Waals surface area contributed by atoms with Crippen LogP contribution in [0.4, 0.5) is 13.2 Å². The smallest absolute Gasteiger partial charge is 0.480 e. The van der Waals surface area contributed by atoms with Crippen molar-refractivity contribution in [3.05, 3.63) is 23.3 Å². The largest absolute Gasteiger partial charge is 0.534 e. The third-order valence-electron chi connectivity index (χ3n) is 2.72. The van der Waals surface area contributed by atoms with Crippen LogP contribution in [0.5, 0.6) is 11.5 Å². The number of hydrogen-bond acceptors (Lipinski definition) is 9. The number of halogens is 3. The van der Waals surface area contributed by atoms with Gasteiger partial charge in [-0.05, 0) is 12.1 Å². The minimum absolute atomic E-state index is 0.111. The Bertz CT molecular complexity index is 815. The van der Waals surface area contributed by atoms with Crippen molar-refractivity contribution in [3.8, 4) is 11.5 Å². The molecule has 0 N–H and O–H groups in total. The molecule has 1 rings (SSSR count). The van der Waals surface area contributed by atoms with Crippen molar-refractivity contribution >= 4 is 28.3 Å². The van der Waals surface area contributed by atoms with E-state index >= 15 is 0 Å². The monoisotopic (exact) mass is 400 g/mol. The zero-order valence-corrected chi connectivity index (χ0v) is 14.0. The molecule has 1 aromatic carbocycles. The lowest BCUT2D eigenvalue weighted by Gasteiger charge is -2.16. The second kappa shape index (κ2) is 8.03. The molecule has 0 aliphatic rings. The number of rotatable bonds is 7. The molecule has 0 aromatic heterocycles. The molecular weight excluding hydrogens is 389 g/mol. The highest BCUT2D eigenvalue weighted by atomic mass is 32.2. The third kappa shape index (κ3) is 4.62. The van der Waals surface area contributed by atoms with E-state index in [0.29, 0.717) is 6.07 Å². The van der Waals surface area contributed by atoms with Crippen LogP contribution in [0.2, 0.25) is 0 Å². The second-order valence-electron chi connectivity index (χ2n) is 4.31. The molecule has 9 nitrogen and oxygen atoms in total. The number of aldehydes is 1. The van der Waals surface area contributed by atoms with Gasteiger partial charge in [-0.25, -0.2) is 9.59 Å². The normalized spacial score (nSPS) is 11.4. The Balaban J connectivity index is 3.49. The van der Waals surface area contributed by atoms with Crippen LogP contribution in [-0.4, -0.2) is 53.0 Å². The van der Waals surface area contributed by atoms with E-state index in [0.717, 1.165) is 20.3 Å². The predicted octanol–water partition coefficient (Wildman–Crippen LogP) is 1.07. The van der Waals surface area contributed by atoms with Gasteiger partial charge >= 0.3 is 27.6 Å². The molecule has 0 spiro atoms. The van der Waals surface area contributed by atoms with Crippen molar-refractivity contribution in [1.82, 2.24) is 0 Å². The summed E-state index contributed by atoms with van der Waals surface area (Å²) in [5, 5.41) is 0. The van der Waals surface area contributed by atoms with E-state index in [1.807, 2.05) is 0 Å². The fraction of sp³-hybridized carbons (Fsp3) is 0.308. The number of ether oxygens (including phenoxy) is 3. The first-order valence-corrected chi connectivity index (χ1v) is 7.80.